The lowest BCUT2D eigenvalue weighted by atomic mass is 10.1. The molecule has 1 atom stereocenters. The van der Waals surface area contributed by atoms with Crippen molar-refractivity contribution >= 4 is 27.5 Å². The molecule has 1 aliphatic heterocycles. The average Bonchev–Trinajstić information content (AvgIpc) is 3.56. The Kier molecular flexibility index (Phi) is 5.90. The highest BCUT2D eigenvalue weighted by Gasteiger charge is 2.48. The van der Waals surface area contributed by atoms with E-state index in [2.05, 4.69) is 20.8 Å². The highest BCUT2D eigenvalue weighted by Crippen LogP contribution is 2.42. The minimum atomic E-state index is -3.63. The van der Waals surface area contributed by atoms with Crippen molar-refractivity contribution in [3.8, 4) is 23.2 Å². The number of aromatic nitrogens is 2. The van der Waals surface area contributed by atoms with Gasteiger partial charge >= 0.3 is 0 Å². The number of nitriles is 1. The number of thioether (sulfide) groups is 1. The first-order chi connectivity index (χ1) is 14.9. The van der Waals surface area contributed by atoms with E-state index in [1.54, 1.807) is 36.0 Å². The predicted molar refractivity (Wildman–Crippen MR) is 116 cm³/mol. The van der Waals surface area contributed by atoms with Crippen molar-refractivity contribution in [1.82, 2.24) is 14.7 Å². The quantitative estimate of drug-likeness (QED) is 0.639. The Morgan fingerprint density at radius 3 is 2.87 bits per heavy atom. The fraction of sp³-hybridized carbons (Fsp3) is 0.350. The van der Waals surface area contributed by atoms with Gasteiger partial charge in [0, 0.05) is 11.8 Å². The van der Waals surface area contributed by atoms with E-state index < -0.39 is 26.9 Å². The number of nitrogens with one attached hydrogen (secondary N) is 1. The zero-order valence-corrected chi connectivity index (χ0v) is 18.3. The molecule has 9 nitrogen and oxygen atoms in total. The van der Waals surface area contributed by atoms with Crippen LogP contribution in [0.25, 0.3) is 11.3 Å². The molecule has 4 rings (SSSR count). The second-order valence-electron chi connectivity index (χ2n) is 7.07. The lowest BCUT2D eigenvalue weighted by Gasteiger charge is -2.37. The number of nitrogens with zero attached hydrogens (tertiary/aromatic N) is 4. The maximum absolute atomic E-state index is 12.6. The van der Waals surface area contributed by atoms with Gasteiger partial charge in [0.15, 0.2) is 4.99 Å². The van der Waals surface area contributed by atoms with Crippen molar-refractivity contribution in [2.24, 2.45) is 0 Å². The van der Waals surface area contributed by atoms with Crippen LogP contribution in [0.1, 0.15) is 25.3 Å². The van der Waals surface area contributed by atoms with Crippen LogP contribution < -0.4 is 14.4 Å². The summed E-state index contributed by atoms with van der Waals surface area (Å²) >= 11 is 1.09. The minimum Gasteiger partial charge on any atom is -0.477 e. The Morgan fingerprint density at radius 1 is 1.39 bits per heavy atom. The summed E-state index contributed by atoms with van der Waals surface area (Å²) in [6.07, 6.45) is 5.86. The number of anilines is 1. The molecule has 1 aromatic carbocycles. The van der Waals surface area contributed by atoms with E-state index in [0.717, 1.165) is 11.8 Å². The number of hydrogen-bond acceptors (Lipinski definition) is 8. The van der Waals surface area contributed by atoms with E-state index in [9.17, 15) is 18.8 Å². The molecule has 11 heteroatoms. The van der Waals surface area contributed by atoms with Gasteiger partial charge < -0.3 is 9.64 Å². The summed E-state index contributed by atoms with van der Waals surface area (Å²) in [5.74, 6) is 0.376. The van der Waals surface area contributed by atoms with Crippen LogP contribution in [0.5, 0.6) is 5.88 Å². The van der Waals surface area contributed by atoms with Gasteiger partial charge in [-0.1, -0.05) is 17.8 Å². The monoisotopic (exact) mass is 458 g/mol. The summed E-state index contributed by atoms with van der Waals surface area (Å²) in [5, 5.41) is 23.2. The van der Waals surface area contributed by atoms with Crippen LogP contribution in [0.15, 0.2) is 42.2 Å². The first-order valence-corrected chi connectivity index (χ1v) is 12.1. The molecular formula is C20H20N5O4S2. The maximum atomic E-state index is 12.6. The van der Waals surface area contributed by atoms with Crippen molar-refractivity contribution in [2.75, 3.05) is 18.1 Å². The largest absolute Gasteiger partial charge is 0.477 e. The smallest absolute Gasteiger partial charge is 0.232 e. The molecule has 0 spiro atoms. The van der Waals surface area contributed by atoms with Gasteiger partial charge in [0.2, 0.25) is 15.9 Å². The van der Waals surface area contributed by atoms with E-state index in [0.29, 0.717) is 42.3 Å². The van der Waals surface area contributed by atoms with Gasteiger partial charge in [-0.05, 0) is 37.3 Å². The van der Waals surface area contributed by atoms with Gasteiger partial charge in [-0.15, -0.1) is 0 Å². The predicted octanol–water partition coefficient (Wildman–Crippen LogP) is 2.60. The molecule has 1 fully saturated rings. The molecule has 31 heavy (non-hydrogen) atoms. The zero-order valence-electron chi connectivity index (χ0n) is 16.7. The Morgan fingerprint density at radius 2 is 2.19 bits per heavy atom. The van der Waals surface area contributed by atoms with Crippen LogP contribution in [0.4, 0.5) is 5.69 Å². The molecule has 1 unspecified atom stereocenters. The Hall–Kier alpha value is -2.65. The number of ether oxygens (including phenoxy) is 1. The fourth-order valence-corrected chi connectivity index (χ4v) is 6.06. The normalized spacial score (nSPS) is 20.6. The molecule has 0 saturated heterocycles. The molecule has 1 aromatic heterocycles. The van der Waals surface area contributed by atoms with Crippen molar-refractivity contribution in [2.45, 2.75) is 30.0 Å². The van der Waals surface area contributed by atoms with Crippen LogP contribution in [-0.2, 0) is 15.1 Å². The van der Waals surface area contributed by atoms with Crippen molar-refractivity contribution in [1.29, 1.82) is 5.26 Å². The lowest BCUT2D eigenvalue weighted by molar-refractivity contribution is 0.157. The second-order valence-corrected chi connectivity index (χ2v) is 10.2. The van der Waals surface area contributed by atoms with Gasteiger partial charge in [0.05, 0.1) is 41.2 Å². The molecule has 0 bridgehead atoms. The molecule has 1 N–H and O–H groups in total. The summed E-state index contributed by atoms with van der Waals surface area (Å²) < 4.78 is 33.1. The Bertz CT molecular complexity index is 1160. The molecule has 1 saturated carbocycles. The summed E-state index contributed by atoms with van der Waals surface area (Å²) in [6, 6.07) is 7.20. The molecule has 2 aliphatic rings. The standard InChI is InChI=1S/C20H20N5O4S2/c1-2-29-19-12-22-11-17(23-19)14-3-6-18(15(9-14)10-21)25-7-8-30-20(25,13-26)24-31(27,28)16-4-5-16/h3,6-9,11-12,16,24H,2,4-5,13H2,1H3. The van der Waals surface area contributed by atoms with Crippen LogP contribution in [0.3, 0.4) is 0 Å². The van der Waals surface area contributed by atoms with E-state index in [1.165, 1.54) is 11.1 Å². The number of rotatable bonds is 8. The minimum absolute atomic E-state index is 0.275. The highest BCUT2D eigenvalue weighted by atomic mass is 32.2. The first-order valence-electron chi connectivity index (χ1n) is 9.66. The Labute approximate surface area is 184 Å². The van der Waals surface area contributed by atoms with Crippen molar-refractivity contribution in [3.05, 3.63) is 47.8 Å². The van der Waals surface area contributed by atoms with Crippen LogP contribution >= 0.6 is 11.8 Å². The zero-order chi connectivity index (χ0) is 22.1. The van der Waals surface area contributed by atoms with Crippen LogP contribution in [-0.4, -0.2) is 41.8 Å². The molecule has 1 radical (unpaired) electrons. The third-order valence-electron chi connectivity index (χ3n) is 4.90. The summed E-state index contributed by atoms with van der Waals surface area (Å²) in [4.78, 5) is 8.58. The summed E-state index contributed by atoms with van der Waals surface area (Å²) in [7, 11) is -3.63. The number of sulfonamides is 1. The highest BCUT2D eigenvalue weighted by molar-refractivity contribution is 8.04. The molecule has 2 heterocycles. The molecule has 2 aromatic rings. The molecule has 0 amide bonds. The molecular weight excluding hydrogens is 438 g/mol. The molecule has 1 aliphatic carbocycles. The number of benzene rings is 1. The van der Waals surface area contributed by atoms with Gasteiger partial charge in [-0.2, -0.15) is 9.98 Å². The van der Waals surface area contributed by atoms with Gasteiger partial charge in [0.25, 0.3) is 0 Å². The maximum Gasteiger partial charge on any atom is 0.232 e. The third kappa shape index (κ3) is 4.24. The van der Waals surface area contributed by atoms with E-state index in [1.807, 2.05) is 6.92 Å². The van der Waals surface area contributed by atoms with E-state index >= 15 is 0 Å². The fourth-order valence-electron chi connectivity index (χ4n) is 3.25. The van der Waals surface area contributed by atoms with Crippen molar-refractivity contribution < 1.29 is 18.3 Å². The van der Waals surface area contributed by atoms with Crippen LogP contribution in [0.2, 0.25) is 0 Å². The Balaban J connectivity index is 1.69. The van der Waals surface area contributed by atoms with E-state index in [-0.39, 0.29) is 5.56 Å². The summed E-state index contributed by atoms with van der Waals surface area (Å²) in [6.45, 7) is 1.57. The summed E-state index contributed by atoms with van der Waals surface area (Å²) in [5.41, 5.74) is 1.88. The average molecular weight is 459 g/mol. The third-order valence-corrected chi connectivity index (χ3v) is 8.06. The first kappa shape index (κ1) is 21.6. The lowest BCUT2D eigenvalue weighted by Crippen LogP contribution is -2.58. The second kappa shape index (κ2) is 8.47. The van der Waals surface area contributed by atoms with Crippen LogP contribution in [0, 0.1) is 11.3 Å². The topological polar surface area (TPSA) is 128 Å². The van der Waals surface area contributed by atoms with Gasteiger partial charge in [0.1, 0.15) is 12.7 Å². The van der Waals surface area contributed by atoms with Gasteiger partial charge in [-0.25, -0.2) is 18.5 Å². The SMILES string of the molecule is CCOc1cncc(-c2ccc(N3C=CSC3(C[O])NS(=O)(=O)C3CC3)c(C#N)c2)n1. The van der Waals surface area contributed by atoms with E-state index in [4.69, 9.17) is 4.74 Å². The van der Waals surface area contributed by atoms with Crippen molar-refractivity contribution in [3.63, 3.8) is 0 Å². The molecule has 161 valence electrons. The van der Waals surface area contributed by atoms with Gasteiger partial charge in [-0.3, -0.25) is 4.98 Å². The number of hydrogen-bond donors (Lipinski definition) is 1.